The fraction of sp³-hybridized carbons (Fsp3) is 0.500. The van der Waals surface area contributed by atoms with Gasteiger partial charge in [-0.2, -0.15) is 0 Å². The third kappa shape index (κ3) is 1.84. The van der Waals surface area contributed by atoms with E-state index in [0.29, 0.717) is 18.6 Å². The highest BCUT2D eigenvalue weighted by molar-refractivity contribution is 5.82. The molecule has 1 aliphatic rings. The first-order valence-electron chi connectivity index (χ1n) is 3.84. The lowest BCUT2D eigenvalue weighted by atomic mass is 10.1. The van der Waals surface area contributed by atoms with Crippen LogP contribution in [-0.2, 0) is 14.3 Å². The third-order valence-corrected chi connectivity index (χ3v) is 1.63. The average molecular weight is 169 g/mol. The van der Waals surface area contributed by atoms with Crippen LogP contribution in [0, 0.1) is 0 Å². The smallest absolute Gasteiger partial charge is 0.328 e. The van der Waals surface area contributed by atoms with E-state index in [2.05, 4.69) is 5.32 Å². The van der Waals surface area contributed by atoms with Gasteiger partial charge in [0, 0.05) is 18.2 Å². The number of hydrogen-bond acceptors (Lipinski definition) is 4. The monoisotopic (exact) mass is 169 g/mol. The van der Waals surface area contributed by atoms with Crippen LogP contribution in [0.15, 0.2) is 11.8 Å². The number of carbonyl (C=O) groups is 2. The Bertz CT molecular complexity index is 222. The maximum Gasteiger partial charge on any atom is 0.328 e. The number of rotatable bonds is 3. The van der Waals surface area contributed by atoms with Crippen LogP contribution in [0.3, 0.4) is 0 Å². The van der Waals surface area contributed by atoms with E-state index >= 15 is 0 Å². The number of hydrogen-bond donors (Lipinski definition) is 1. The zero-order valence-corrected chi connectivity index (χ0v) is 6.87. The first-order chi connectivity index (χ1) is 5.77. The molecule has 0 saturated heterocycles. The fourth-order valence-electron chi connectivity index (χ4n) is 1.04. The summed E-state index contributed by atoms with van der Waals surface area (Å²) in [6, 6.07) is -0.370. The lowest BCUT2D eigenvalue weighted by molar-refractivity contribution is -0.145. The predicted molar refractivity (Wildman–Crippen MR) is 42.3 cm³/mol. The molecule has 4 heteroatoms. The van der Waals surface area contributed by atoms with Crippen molar-refractivity contribution in [1.82, 2.24) is 5.32 Å². The van der Waals surface area contributed by atoms with Crippen molar-refractivity contribution >= 4 is 12.3 Å². The van der Waals surface area contributed by atoms with Gasteiger partial charge in [0.05, 0.1) is 6.61 Å². The summed E-state index contributed by atoms with van der Waals surface area (Å²) in [5.74, 6) is -0.300. The van der Waals surface area contributed by atoms with Gasteiger partial charge >= 0.3 is 5.97 Å². The third-order valence-electron chi connectivity index (χ3n) is 1.63. The van der Waals surface area contributed by atoms with Crippen molar-refractivity contribution in [3.8, 4) is 0 Å². The molecule has 0 spiro atoms. The molecule has 1 N–H and O–H groups in total. The molecule has 0 saturated carbocycles. The van der Waals surface area contributed by atoms with E-state index in [1.54, 1.807) is 13.1 Å². The molecule has 66 valence electrons. The fourth-order valence-corrected chi connectivity index (χ4v) is 1.04. The first kappa shape index (κ1) is 8.77. The van der Waals surface area contributed by atoms with Gasteiger partial charge in [0.25, 0.3) is 0 Å². The summed E-state index contributed by atoms with van der Waals surface area (Å²) < 4.78 is 4.77. The molecule has 4 nitrogen and oxygen atoms in total. The molecule has 0 fully saturated rings. The number of ether oxygens (including phenoxy) is 1. The van der Waals surface area contributed by atoms with Crippen LogP contribution in [0.25, 0.3) is 0 Å². The van der Waals surface area contributed by atoms with Gasteiger partial charge in [0.1, 0.15) is 12.3 Å². The van der Waals surface area contributed by atoms with Crippen LogP contribution in [0.2, 0.25) is 0 Å². The molecule has 1 heterocycles. The second kappa shape index (κ2) is 3.90. The maximum atomic E-state index is 11.1. The standard InChI is InChI=1S/C8H11NO3/c1-2-12-8(11)7-3-6(5-10)4-9-7/h4-5,7,9H,2-3H2,1H3/t7-/m0/s1. The molecule has 0 aromatic heterocycles. The molecule has 1 atom stereocenters. The Kier molecular flexibility index (Phi) is 2.85. The summed E-state index contributed by atoms with van der Waals surface area (Å²) in [6.07, 6.45) is 2.73. The van der Waals surface area contributed by atoms with Crippen LogP contribution in [0.1, 0.15) is 13.3 Å². The second-order valence-electron chi connectivity index (χ2n) is 2.51. The van der Waals surface area contributed by atoms with Crippen molar-refractivity contribution in [2.24, 2.45) is 0 Å². The number of esters is 1. The molecular formula is C8H11NO3. The molecule has 0 amide bonds. The molecular weight excluding hydrogens is 158 g/mol. The largest absolute Gasteiger partial charge is 0.464 e. The van der Waals surface area contributed by atoms with Crippen LogP contribution in [0.4, 0.5) is 0 Å². The normalized spacial score (nSPS) is 21.1. The van der Waals surface area contributed by atoms with E-state index in [-0.39, 0.29) is 12.0 Å². The van der Waals surface area contributed by atoms with Crippen LogP contribution in [-0.4, -0.2) is 24.9 Å². The van der Waals surface area contributed by atoms with E-state index in [4.69, 9.17) is 4.74 Å². The Morgan fingerprint density at radius 1 is 1.92 bits per heavy atom. The minimum absolute atomic E-state index is 0.300. The zero-order valence-electron chi connectivity index (χ0n) is 6.87. The Hall–Kier alpha value is -1.32. The van der Waals surface area contributed by atoms with E-state index in [1.165, 1.54) is 0 Å². The van der Waals surface area contributed by atoms with Gasteiger partial charge in [0.15, 0.2) is 0 Å². The van der Waals surface area contributed by atoms with E-state index in [0.717, 1.165) is 6.29 Å². The van der Waals surface area contributed by atoms with Crippen molar-refractivity contribution in [2.75, 3.05) is 6.61 Å². The van der Waals surface area contributed by atoms with Gasteiger partial charge in [0.2, 0.25) is 0 Å². The Morgan fingerprint density at radius 3 is 3.17 bits per heavy atom. The molecule has 1 aliphatic heterocycles. The minimum Gasteiger partial charge on any atom is -0.464 e. The summed E-state index contributed by atoms with van der Waals surface area (Å²) in [6.45, 7) is 2.12. The maximum absolute atomic E-state index is 11.1. The summed E-state index contributed by atoms with van der Waals surface area (Å²) in [4.78, 5) is 21.3. The highest BCUT2D eigenvalue weighted by Gasteiger charge is 2.23. The van der Waals surface area contributed by atoms with Gasteiger partial charge in [-0.3, -0.25) is 4.79 Å². The van der Waals surface area contributed by atoms with Gasteiger partial charge in [-0.15, -0.1) is 0 Å². The summed E-state index contributed by atoms with van der Waals surface area (Å²) in [5.41, 5.74) is 0.605. The Labute approximate surface area is 70.6 Å². The number of nitrogens with one attached hydrogen (secondary N) is 1. The summed E-state index contributed by atoms with van der Waals surface area (Å²) in [5, 5.41) is 2.77. The molecule has 0 aromatic carbocycles. The number of carbonyl (C=O) groups excluding carboxylic acids is 2. The van der Waals surface area contributed by atoms with Crippen LogP contribution < -0.4 is 5.32 Å². The van der Waals surface area contributed by atoms with E-state index < -0.39 is 0 Å². The summed E-state index contributed by atoms with van der Waals surface area (Å²) >= 11 is 0. The van der Waals surface area contributed by atoms with E-state index in [1.807, 2.05) is 0 Å². The first-order valence-corrected chi connectivity index (χ1v) is 3.84. The lowest BCUT2D eigenvalue weighted by Gasteiger charge is -2.08. The molecule has 0 bridgehead atoms. The van der Waals surface area contributed by atoms with Gasteiger partial charge in [-0.05, 0) is 6.92 Å². The Balaban J connectivity index is 2.40. The second-order valence-corrected chi connectivity index (χ2v) is 2.51. The van der Waals surface area contributed by atoms with Crippen molar-refractivity contribution in [1.29, 1.82) is 0 Å². The average Bonchev–Trinajstić information content (AvgIpc) is 2.52. The quantitative estimate of drug-likeness (QED) is 0.477. The summed E-state index contributed by atoms with van der Waals surface area (Å²) in [7, 11) is 0. The highest BCUT2D eigenvalue weighted by atomic mass is 16.5. The molecule has 0 unspecified atom stereocenters. The number of aldehydes is 1. The molecule has 0 aliphatic carbocycles. The highest BCUT2D eigenvalue weighted by Crippen LogP contribution is 2.10. The van der Waals surface area contributed by atoms with Crippen molar-refractivity contribution in [3.05, 3.63) is 11.8 Å². The lowest BCUT2D eigenvalue weighted by Crippen LogP contribution is -2.31. The molecule has 0 aromatic rings. The zero-order chi connectivity index (χ0) is 8.97. The van der Waals surface area contributed by atoms with Gasteiger partial charge in [-0.25, -0.2) is 4.79 Å². The molecule has 12 heavy (non-hydrogen) atoms. The molecule has 1 rings (SSSR count). The van der Waals surface area contributed by atoms with Crippen LogP contribution in [0.5, 0.6) is 0 Å². The minimum atomic E-state index is -0.370. The predicted octanol–water partition coefficient (Wildman–Crippen LogP) is -0.00580. The van der Waals surface area contributed by atoms with Crippen molar-refractivity contribution in [3.63, 3.8) is 0 Å². The molecule has 0 radical (unpaired) electrons. The van der Waals surface area contributed by atoms with E-state index in [9.17, 15) is 9.59 Å². The van der Waals surface area contributed by atoms with Gasteiger partial charge < -0.3 is 10.1 Å². The SMILES string of the molecule is CCOC(=O)[C@@H]1CC(C=O)=CN1. The van der Waals surface area contributed by atoms with Crippen molar-refractivity contribution < 1.29 is 14.3 Å². The Morgan fingerprint density at radius 2 is 2.67 bits per heavy atom. The van der Waals surface area contributed by atoms with Crippen LogP contribution >= 0.6 is 0 Å². The topological polar surface area (TPSA) is 55.4 Å². The van der Waals surface area contributed by atoms with Crippen molar-refractivity contribution in [2.45, 2.75) is 19.4 Å². The van der Waals surface area contributed by atoms with Gasteiger partial charge in [-0.1, -0.05) is 0 Å².